The van der Waals surface area contributed by atoms with Gasteiger partial charge in [0.2, 0.25) is 0 Å². The highest BCUT2D eigenvalue weighted by atomic mass is 16.5. The van der Waals surface area contributed by atoms with Crippen LogP contribution in [0.5, 0.6) is 5.75 Å². The maximum absolute atomic E-state index is 6.56. The van der Waals surface area contributed by atoms with Crippen LogP contribution in [0.15, 0.2) is 42.5 Å². The van der Waals surface area contributed by atoms with Crippen LogP contribution in [0.2, 0.25) is 0 Å². The van der Waals surface area contributed by atoms with Gasteiger partial charge in [0.1, 0.15) is 5.75 Å². The first-order valence-electron chi connectivity index (χ1n) is 8.26. The summed E-state index contributed by atoms with van der Waals surface area (Å²) in [6, 6.07) is 14.9. The van der Waals surface area contributed by atoms with Gasteiger partial charge in [0.05, 0.1) is 6.61 Å². The molecule has 2 aromatic carbocycles. The van der Waals surface area contributed by atoms with Gasteiger partial charge in [-0.25, -0.2) is 0 Å². The Morgan fingerprint density at radius 3 is 2.65 bits per heavy atom. The fraction of sp³-hybridized carbons (Fsp3) is 0.400. The summed E-state index contributed by atoms with van der Waals surface area (Å²) in [4.78, 5) is 2.33. The zero-order valence-corrected chi connectivity index (χ0v) is 14.3. The minimum atomic E-state index is 0.0376. The molecule has 0 aliphatic carbocycles. The first kappa shape index (κ1) is 16.0. The van der Waals surface area contributed by atoms with E-state index in [1.165, 1.54) is 16.7 Å². The Morgan fingerprint density at radius 1 is 1.17 bits per heavy atom. The van der Waals surface area contributed by atoms with E-state index in [1.54, 1.807) is 0 Å². The average molecular weight is 310 g/mol. The maximum Gasteiger partial charge on any atom is 0.127 e. The van der Waals surface area contributed by atoms with E-state index in [0.717, 1.165) is 24.4 Å². The lowest BCUT2D eigenvalue weighted by Crippen LogP contribution is -2.39. The molecule has 0 amide bonds. The van der Waals surface area contributed by atoms with Crippen LogP contribution in [0.25, 0.3) is 0 Å². The molecule has 1 heterocycles. The SMILES string of the molecule is Cc1cc(C)c2c(c1)C(N)C(CN(C)Cc1ccccc1)CO2. The zero-order valence-electron chi connectivity index (χ0n) is 14.3. The van der Waals surface area contributed by atoms with Gasteiger partial charge in [-0.15, -0.1) is 0 Å². The molecule has 3 heteroatoms. The largest absolute Gasteiger partial charge is 0.493 e. The number of fused-ring (bicyclic) bond motifs is 1. The second-order valence-corrected chi connectivity index (χ2v) is 6.78. The van der Waals surface area contributed by atoms with E-state index in [1.807, 2.05) is 0 Å². The summed E-state index contributed by atoms with van der Waals surface area (Å²) in [7, 11) is 2.15. The van der Waals surface area contributed by atoms with Gasteiger partial charge in [-0.2, -0.15) is 0 Å². The maximum atomic E-state index is 6.56. The van der Waals surface area contributed by atoms with Gasteiger partial charge in [0.25, 0.3) is 0 Å². The summed E-state index contributed by atoms with van der Waals surface area (Å²) < 4.78 is 6.04. The van der Waals surface area contributed by atoms with Crippen molar-refractivity contribution in [3.05, 3.63) is 64.7 Å². The monoisotopic (exact) mass is 310 g/mol. The molecule has 1 aliphatic rings. The second-order valence-electron chi connectivity index (χ2n) is 6.78. The van der Waals surface area contributed by atoms with E-state index >= 15 is 0 Å². The van der Waals surface area contributed by atoms with Crippen LogP contribution in [0, 0.1) is 19.8 Å². The minimum absolute atomic E-state index is 0.0376. The fourth-order valence-electron chi connectivity index (χ4n) is 3.51. The van der Waals surface area contributed by atoms with Gasteiger partial charge in [-0.3, -0.25) is 0 Å². The number of nitrogens with zero attached hydrogens (tertiary/aromatic N) is 1. The number of ether oxygens (including phenoxy) is 1. The Balaban J connectivity index is 1.70. The molecule has 0 saturated carbocycles. The summed E-state index contributed by atoms with van der Waals surface area (Å²) in [5.74, 6) is 1.31. The Kier molecular flexibility index (Phi) is 4.69. The Morgan fingerprint density at radius 2 is 1.91 bits per heavy atom. The normalized spacial score (nSPS) is 20.2. The van der Waals surface area contributed by atoms with Crippen molar-refractivity contribution in [1.29, 1.82) is 0 Å². The third-order valence-electron chi connectivity index (χ3n) is 4.60. The topological polar surface area (TPSA) is 38.5 Å². The van der Waals surface area contributed by atoms with Crippen molar-refractivity contribution >= 4 is 0 Å². The molecule has 3 rings (SSSR count). The van der Waals surface area contributed by atoms with Gasteiger partial charge in [0.15, 0.2) is 0 Å². The van der Waals surface area contributed by atoms with Gasteiger partial charge in [-0.05, 0) is 32.0 Å². The summed E-state index contributed by atoms with van der Waals surface area (Å²) in [6.07, 6.45) is 0. The van der Waals surface area contributed by atoms with Crippen molar-refractivity contribution in [1.82, 2.24) is 4.90 Å². The molecule has 2 aromatic rings. The molecule has 2 atom stereocenters. The number of hydrogen-bond acceptors (Lipinski definition) is 3. The molecular formula is C20H26N2O. The standard InChI is InChI=1S/C20H26N2O/c1-14-9-15(2)20-18(10-14)19(21)17(13-23-20)12-22(3)11-16-7-5-4-6-8-16/h4-10,17,19H,11-13,21H2,1-3H3. The van der Waals surface area contributed by atoms with Crippen molar-refractivity contribution in [3.63, 3.8) is 0 Å². The molecule has 0 saturated heterocycles. The Labute approximate surface area is 139 Å². The number of hydrogen-bond donors (Lipinski definition) is 1. The molecule has 0 bridgehead atoms. The number of rotatable bonds is 4. The summed E-state index contributed by atoms with van der Waals surface area (Å²) in [6.45, 7) is 6.77. The summed E-state index contributed by atoms with van der Waals surface area (Å²) >= 11 is 0. The Hall–Kier alpha value is -1.84. The van der Waals surface area contributed by atoms with Crippen LogP contribution in [-0.4, -0.2) is 25.1 Å². The molecule has 3 nitrogen and oxygen atoms in total. The summed E-state index contributed by atoms with van der Waals surface area (Å²) in [5, 5.41) is 0. The van der Waals surface area contributed by atoms with Crippen LogP contribution in [0.1, 0.15) is 28.3 Å². The van der Waals surface area contributed by atoms with E-state index < -0.39 is 0 Å². The lowest BCUT2D eigenvalue weighted by Gasteiger charge is -2.34. The first-order valence-corrected chi connectivity index (χ1v) is 8.26. The van der Waals surface area contributed by atoms with Gasteiger partial charge in [0, 0.05) is 30.6 Å². The van der Waals surface area contributed by atoms with E-state index in [9.17, 15) is 0 Å². The van der Waals surface area contributed by atoms with Crippen molar-refractivity contribution in [2.24, 2.45) is 11.7 Å². The first-order chi connectivity index (χ1) is 11.0. The zero-order chi connectivity index (χ0) is 16.4. The van der Waals surface area contributed by atoms with E-state index in [2.05, 4.69) is 68.3 Å². The quantitative estimate of drug-likeness (QED) is 0.940. The average Bonchev–Trinajstić information content (AvgIpc) is 2.51. The highest BCUT2D eigenvalue weighted by Crippen LogP contribution is 2.37. The fourth-order valence-corrected chi connectivity index (χ4v) is 3.51. The van der Waals surface area contributed by atoms with Crippen molar-refractivity contribution in [2.45, 2.75) is 26.4 Å². The predicted octanol–water partition coefficient (Wildman–Crippen LogP) is 3.44. The molecule has 23 heavy (non-hydrogen) atoms. The van der Waals surface area contributed by atoms with Crippen LogP contribution in [-0.2, 0) is 6.54 Å². The van der Waals surface area contributed by atoms with E-state index in [-0.39, 0.29) is 6.04 Å². The molecule has 1 aliphatic heterocycles. The molecule has 2 N–H and O–H groups in total. The van der Waals surface area contributed by atoms with Gasteiger partial charge >= 0.3 is 0 Å². The highest BCUT2D eigenvalue weighted by Gasteiger charge is 2.30. The molecule has 0 fully saturated rings. The molecule has 2 unspecified atom stereocenters. The van der Waals surface area contributed by atoms with Crippen molar-refractivity contribution in [3.8, 4) is 5.75 Å². The molecule has 122 valence electrons. The van der Waals surface area contributed by atoms with Gasteiger partial charge < -0.3 is 15.4 Å². The highest BCUT2D eigenvalue weighted by molar-refractivity contribution is 5.46. The smallest absolute Gasteiger partial charge is 0.127 e. The van der Waals surface area contributed by atoms with E-state index in [4.69, 9.17) is 10.5 Å². The third-order valence-corrected chi connectivity index (χ3v) is 4.60. The van der Waals surface area contributed by atoms with Crippen molar-refractivity contribution < 1.29 is 4.74 Å². The third kappa shape index (κ3) is 3.57. The number of aryl methyl sites for hydroxylation is 2. The molecule has 0 spiro atoms. The lowest BCUT2D eigenvalue weighted by molar-refractivity contribution is 0.148. The van der Waals surface area contributed by atoms with E-state index in [0.29, 0.717) is 12.5 Å². The van der Waals surface area contributed by atoms with Crippen LogP contribution in [0.4, 0.5) is 0 Å². The molecular weight excluding hydrogens is 284 g/mol. The Bertz CT molecular complexity index is 669. The van der Waals surface area contributed by atoms with Crippen molar-refractivity contribution in [2.75, 3.05) is 20.2 Å². The molecule has 0 aromatic heterocycles. The van der Waals surface area contributed by atoms with Crippen LogP contribution >= 0.6 is 0 Å². The van der Waals surface area contributed by atoms with Crippen LogP contribution < -0.4 is 10.5 Å². The lowest BCUT2D eigenvalue weighted by atomic mass is 9.88. The summed E-state index contributed by atoms with van der Waals surface area (Å²) in [5.41, 5.74) is 11.5. The molecule has 0 radical (unpaired) electrons. The second kappa shape index (κ2) is 6.73. The minimum Gasteiger partial charge on any atom is -0.493 e. The number of benzene rings is 2. The van der Waals surface area contributed by atoms with Gasteiger partial charge in [-0.1, -0.05) is 48.0 Å². The van der Waals surface area contributed by atoms with Crippen LogP contribution in [0.3, 0.4) is 0 Å². The predicted molar refractivity (Wildman–Crippen MR) is 94.6 cm³/mol. The number of nitrogens with two attached hydrogens (primary N) is 1.